The van der Waals surface area contributed by atoms with Crippen molar-refractivity contribution in [1.82, 2.24) is 5.32 Å². The quantitative estimate of drug-likeness (QED) is 0.816. The molecule has 3 unspecified atom stereocenters. The molecule has 0 aromatic carbocycles. The lowest BCUT2D eigenvalue weighted by Crippen LogP contribution is -2.38. The molecule has 1 amide bonds. The Morgan fingerprint density at radius 1 is 1.63 bits per heavy atom. The largest absolute Gasteiger partial charge is 0.467 e. The van der Waals surface area contributed by atoms with Gasteiger partial charge >= 0.3 is 0 Å². The molecule has 1 aliphatic carbocycles. The number of hydrogen-bond donors (Lipinski definition) is 2. The number of amides is 1. The molecular weight excluding hydrogens is 244 g/mol. The van der Waals surface area contributed by atoms with Crippen molar-refractivity contribution in [3.05, 3.63) is 24.2 Å². The van der Waals surface area contributed by atoms with Crippen LogP contribution in [0.15, 0.2) is 22.8 Å². The Labute approximate surface area is 113 Å². The van der Waals surface area contributed by atoms with E-state index in [1.54, 1.807) is 19.3 Å². The van der Waals surface area contributed by atoms with E-state index >= 15 is 0 Å². The van der Waals surface area contributed by atoms with Gasteiger partial charge in [0, 0.05) is 0 Å². The van der Waals surface area contributed by atoms with Gasteiger partial charge in [-0.2, -0.15) is 0 Å². The van der Waals surface area contributed by atoms with Gasteiger partial charge in [0.15, 0.2) is 0 Å². The average Bonchev–Trinajstić information content (AvgIpc) is 3.06. The summed E-state index contributed by atoms with van der Waals surface area (Å²) in [5.41, 5.74) is 5.71. The Bertz CT molecular complexity index is 391. The second-order valence-electron chi connectivity index (χ2n) is 5.04. The summed E-state index contributed by atoms with van der Waals surface area (Å²) in [5, 5.41) is 2.80. The maximum absolute atomic E-state index is 11.9. The molecule has 3 N–H and O–H groups in total. The number of carbonyl (C=O) groups excluding carboxylic acids is 1. The molecule has 19 heavy (non-hydrogen) atoms. The topological polar surface area (TPSA) is 77.5 Å². The first-order valence-electron chi connectivity index (χ1n) is 6.86. The summed E-state index contributed by atoms with van der Waals surface area (Å²) in [6.45, 7) is 2.80. The van der Waals surface area contributed by atoms with Gasteiger partial charge < -0.3 is 20.2 Å². The highest BCUT2D eigenvalue weighted by molar-refractivity contribution is 5.80. The summed E-state index contributed by atoms with van der Waals surface area (Å²) in [4.78, 5) is 11.9. The van der Waals surface area contributed by atoms with Crippen LogP contribution in [0.4, 0.5) is 0 Å². The third-order valence-electron chi connectivity index (χ3n) is 3.66. The van der Waals surface area contributed by atoms with Gasteiger partial charge in [0.25, 0.3) is 0 Å². The molecular formula is C14H22N2O3. The predicted molar refractivity (Wildman–Crippen MR) is 71.3 cm³/mol. The Hall–Kier alpha value is -1.33. The van der Waals surface area contributed by atoms with Gasteiger partial charge in [-0.25, -0.2) is 0 Å². The maximum atomic E-state index is 11.9. The van der Waals surface area contributed by atoms with Crippen LogP contribution in [0.3, 0.4) is 0 Å². The van der Waals surface area contributed by atoms with E-state index in [4.69, 9.17) is 14.9 Å². The summed E-state index contributed by atoms with van der Waals surface area (Å²) >= 11 is 0. The highest BCUT2D eigenvalue weighted by Gasteiger charge is 2.29. The van der Waals surface area contributed by atoms with Crippen molar-refractivity contribution in [3.8, 4) is 0 Å². The van der Waals surface area contributed by atoms with Crippen molar-refractivity contribution in [3.63, 3.8) is 0 Å². The number of furan rings is 1. The molecule has 1 aliphatic rings. The molecule has 5 nitrogen and oxygen atoms in total. The molecule has 1 heterocycles. The Morgan fingerprint density at radius 2 is 2.47 bits per heavy atom. The Morgan fingerprint density at radius 3 is 3.16 bits per heavy atom. The number of carbonyl (C=O) groups is 1. The molecule has 5 heteroatoms. The lowest BCUT2D eigenvalue weighted by molar-refractivity contribution is -0.136. The van der Waals surface area contributed by atoms with E-state index in [2.05, 4.69) is 5.32 Å². The molecule has 3 atom stereocenters. The van der Waals surface area contributed by atoms with Crippen LogP contribution >= 0.6 is 0 Å². The van der Waals surface area contributed by atoms with Gasteiger partial charge in [0.05, 0.1) is 18.9 Å². The van der Waals surface area contributed by atoms with Crippen LogP contribution < -0.4 is 11.1 Å². The molecule has 2 rings (SSSR count). The highest BCUT2D eigenvalue weighted by atomic mass is 16.5. The van der Waals surface area contributed by atoms with Gasteiger partial charge in [-0.1, -0.05) is 6.42 Å². The fraction of sp³-hybridized carbons (Fsp3) is 0.643. The Balaban J connectivity index is 1.75. The standard InChI is InChI=1S/C14H22N2O3/c1-10(19-13-6-2-4-11(13)8-15)14(17)16-9-12-5-3-7-18-12/h3,5,7,10-11,13H,2,4,6,8-9,15H2,1H3,(H,16,17). The SMILES string of the molecule is CC(OC1CCCC1CN)C(=O)NCc1ccco1. The van der Waals surface area contributed by atoms with E-state index in [9.17, 15) is 4.79 Å². The zero-order valence-electron chi connectivity index (χ0n) is 11.3. The van der Waals surface area contributed by atoms with E-state index in [-0.39, 0.29) is 12.0 Å². The first kappa shape index (κ1) is 14.1. The van der Waals surface area contributed by atoms with Crippen molar-refractivity contribution >= 4 is 5.91 Å². The fourth-order valence-corrected chi connectivity index (χ4v) is 2.51. The number of nitrogens with one attached hydrogen (secondary N) is 1. The third kappa shape index (κ3) is 3.81. The molecule has 0 radical (unpaired) electrons. The molecule has 1 saturated carbocycles. The van der Waals surface area contributed by atoms with E-state index in [0.29, 0.717) is 19.0 Å². The first-order chi connectivity index (χ1) is 9.20. The van der Waals surface area contributed by atoms with Crippen LogP contribution in [0.2, 0.25) is 0 Å². The van der Waals surface area contributed by atoms with Crippen LogP contribution in [-0.2, 0) is 16.1 Å². The van der Waals surface area contributed by atoms with E-state index in [0.717, 1.165) is 25.0 Å². The van der Waals surface area contributed by atoms with Crippen molar-refractivity contribution in [1.29, 1.82) is 0 Å². The minimum atomic E-state index is -0.452. The third-order valence-corrected chi connectivity index (χ3v) is 3.66. The van der Waals surface area contributed by atoms with Gasteiger partial charge in [0.1, 0.15) is 11.9 Å². The average molecular weight is 266 g/mol. The number of ether oxygens (including phenoxy) is 1. The van der Waals surface area contributed by atoms with Gasteiger partial charge in [0.2, 0.25) is 5.91 Å². The van der Waals surface area contributed by atoms with Gasteiger partial charge in [-0.05, 0) is 44.4 Å². The molecule has 0 spiro atoms. The van der Waals surface area contributed by atoms with E-state index < -0.39 is 6.10 Å². The molecule has 1 fully saturated rings. The minimum absolute atomic E-state index is 0.112. The maximum Gasteiger partial charge on any atom is 0.249 e. The summed E-state index contributed by atoms with van der Waals surface area (Å²) in [6.07, 6.45) is 4.49. The van der Waals surface area contributed by atoms with E-state index in [1.165, 1.54) is 0 Å². The lowest BCUT2D eigenvalue weighted by atomic mass is 10.1. The molecule has 0 saturated heterocycles. The first-order valence-corrected chi connectivity index (χ1v) is 6.86. The molecule has 0 bridgehead atoms. The monoisotopic (exact) mass is 266 g/mol. The summed E-state index contributed by atoms with van der Waals surface area (Å²) in [7, 11) is 0. The molecule has 106 valence electrons. The molecule has 1 aromatic rings. The second-order valence-corrected chi connectivity index (χ2v) is 5.04. The van der Waals surface area contributed by atoms with Crippen LogP contribution in [0.25, 0.3) is 0 Å². The Kier molecular flexibility index (Phi) is 4.99. The number of rotatable bonds is 6. The normalized spacial score (nSPS) is 24.3. The summed E-state index contributed by atoms with van der Waals surface area (Å²) in [5.74, 6) is 1.01. The zero-order chi connectivity index (χ0) is 13.7. The van der Waals surface area contributed by atoms with Gasteiger partial charge in [-0.3, -0.25) is 4.79 Å². The molecule has 0 aliphatic heterocycles. The van der Waals surface area contributed by atoms with Crippen LogP contribution in [0.1, 0.15) is 31.9 Å². The van der Waals surface area contributed by atoms with Crippen molar-refractivity contribution in [2.75, 3.05) is 6.54 Å². The van der Waals surface area contributed by atoms with E-state index in [1.807, 2.05) is 6.07 Å². The van der Waals surface area contributed by atoms with Crippen LogP contribution in [0.5, 0.6) is 0 Å². The van der Waals surface area contributed by atoms with Gasteiger partial charge in [-0.15, -0.1) is 0 Å². The smallest absolute Gasteiger partial charge is 0.249 e. The minimum Gasteiger partial charge on any atom is -0.467 e. The van der Waals surface area contributed by atoms with Crippen molar-refractivity contribution in [2.45, 2.75) is 44.9 Å². The lowest BCUT2D eigenvalue weighted by Gasteiger charge is -2.22. The van der Waals surface area contributed by atoms with Crippen molar-refractivity contribution < 1.29 is 13.9 Å². The molecule has 1 aromatic heterocycles. The second kappa shape index (κ2) is 6.73. The van der Waals surface area contributed by atoms with Crippen LogP contribution in [0, 0.1) is 5.92 Å². The number of nitrogens with two attached hydrogens (primary N) is 1. The fourth-order valence-electron chi connectivity index (χ4n) is 2.51. The summed E-state index contributed by atoms with van der Waals surface area (Å²) < 4.78 is 11.0. The van der Waals surface area contributed by atoms with Crippen LogP contribution in [-0.4, -0.2) is 24.7 Å². The van der Waals surface area contributed by atoms with Crippen molar-refractivity contribution in [2.24, 2.45) is 11.7 Å². The summed E-state index contributed by atoms with van der Waals surface area (Å²) in [6, 6.07) is 3.62. The zero-order valence-corrected chi connectivity index (χ0v) is 11.3. The number of hydrogen-bond acceptors (Lipinski definition) is 4. The predicted octanol–water partition coefficient (Wildman–Crippen LogP) is 1.43. The highest BCUT2D eigenvalue weighted by Crippen LogP contribution is 2.28.